The van der Waals surface area contributed by atoms with Crippen molar-refractivity contribution in [1.82, 2.24) is 0 Å². The van der Waals surface area contributed by atoms with E-state index in [1.54, 1.807) is 6.07 Å². The van der Waals surface area contributed by atoms with E-state index in [9.17, 15) is 4.39 Å². The third kappa shape index (κ3) is 5.34. The zero-order valence-electron chi connectivity index (χ0n) is 11.8. The largest absolute Gasteiger partial charge is 0.490 e. The molecule has 5 heteroatoms. The topological polar surface area (TPSA) is 56.5 Å². The fraction of sp³-hybridized carbons (Fsp3) is 0.571. The summed E-state index contributed by atoms with van der Waals surface area (Å²) in [5, 5.41) is 3.12. The molecule has 19 heavy (non-hydrogen) atoms. The number of hydrogen-bond acceptors (Lipinski definition) is 4. The lowest BCUT2D eigenvalue weighted by Gasteiger charge is -2.14. The number of ether oxygens (including phenoxy) is 2. The van der Waals surface area contributed by atoms with Gasteiger partial charge in [-0.25, -0.2) is 4.39 Å². The second-order valence-corrected chi connectivity index (χ2v) is 4.56. The van der Waals surface area contributed by atoms with E-state index in [1.165, 1.54) is 6.07 Å². The molecule has 0 saturated heterocycles. The molecule has 4 nitrogen and oxygen atoms in total. The molecule has 0 radical (unpaired) electrons. The molecule has 0 atom stereocenters. The molecule has 0 aliphatic rings. The van der Waals surface area contributed by atoms with E-state index in [0.29, 0.717) is 31.1 Å². The average molecular weight is 270 g/mol. The van der Waals surface area contributed by atoms with Crippen molar-refractivity contribution in [2.75, 3.05) is 30.8 Å². The Morgan fingerprint density at radius 3 is 2.68 bits per heavy atom. The number of benzene rings is 1. The zero-order chi connectivity index (χ0) is 14.3. The van der Waals surface area contributed by atoms with Crippen LogP contribution >= 0.6 is 0 Å². The number of nitrogens with two attached hydrogens (primary N) is 1. The summed E-state index contributed by atoms with van der Waals surface area (Å²) in [6.07, 6.45) is 1.02. The Morgan fingerprint density at radius 2 is 2.05 bits per heavy atom. The van der Waals surface area contributed by atoms with E-state index >= 15 is 0 Å². The summed E-state index contributed by atoms with van der Waals surface area (Å²) >= 11 is 0. The summed E-state index contributed by atoms with van der Waals surface area (Å²) < 4.78 is 24.3. The third-order valence-corrected chi connectivity index (χ3v) is 2.43. The van der Waals surface area contributed by atoms with E-state index in [-0.39, 0.29) is 11.9 Å². The second kappa shape index (κ2) is 7.84. The fourth-order valence-corrected chi connectivity index (χ4v) is 1.52. The molecule has 0 spiro atoms. The molecular weight excluding hydrogens is 247 g/mol. The Bertz CT molecular complexity index is 397. The minimum Gasteiger partial charge on any atom is -0.490 e. The lowest BCUT2D eigenvalue weighted by molar-refractivity contribution is 0.0870. The van der Waals surface area contributed by atoms with Gasteiger partial charge in [-0.15, -0.1) is 0 Å². The van der Waals surface area contributed by atoms with Crippen LogP contribution in [0.2, 0.25) is 0 Å². The molecule has 3 N–H and O–H groups in total. The van der Waals surface area contributed by atoms with Gasteiger partial charge >= 0.3 is 0 Å². The maximum atomic E-state index is 13.6. The summed E-state index contributed by atoms with van der Waals surface area (Å²) in [6, 6.07) is 2.87. The SMILES string of the molecule is CCCOc1cc(NCCOC(C)C)c(N)cc1F. The van der Waals surface area contributed by atoms with Crippen molar-refractivity contribution in [3.63, 3.8) is 0 Å². The van der Waals surface area contributed by atoms with Gasteiger partial charge in [-0.05, 0) is 20.3 Å². The van der Waals surface area contributed by atoms with Gasteiger partial charge < -0.3 is 20.5 Å². The molecule has 108 valence electrons. The standard InChI is InChI=1S/C14H23FN2O2/c1-4-6-19-14-9-13(12(16)8-11(14)15)17-5-7-18-10(2)3/h8-10,17H,4-7,16H2,1-3H3. The van der Waals surface area contributed by atoms with Crippen molar-refractivity contribution in [3.05, 3.63) is 17.9 Å². The summed E-state index contributed by atoms with van der Waals surface area (Å²) in [4.78, 5) is 0. The highest BCUT2D eigenvalue weighted by molar-refractivity contribution is 5.68. The molecule has 0 bridgehead atoms. The Balaban J connectivity index is 2.61. The van der Waals surface area contributed by atoms with E-state index in [2.05, 4.69) is 5.32 Å². The van der Waals surface area contributed by atoms with E-state index < -0.39 is 5.82 Å². The Kier molecular flexibility index (Phi) is 6.42. The monoisotopic (exact) mass is 270 g/mol. The number of nitrogen functional groups attached to an aromatic ring is 1. The van der Waals surface area contributed by atoms with Crippen molar-refractivity contribution < 1.29 is 13.9 Å². The zero-order valence-corrected chi connectivity index (χ0v) is 11.8. The van der Waals surface area contributed by atoms with Crippen LogP contribution in [0, 0.1) is 5.82 Å². The molecule has 0 heterocycles. The Labute approximate surface area is 114 Å². The summed E-state index contributed by atoms with van der Waals surface area (Å²) in [5.41, 5.74) is 6.80. The highest BCUT2D eigenvalue weighted by atomic mass is 19.1. The van der Waals surface area contributed by atoms with Crippen LogP contribution in [0.25, 0.3) is 0 Å². The van der Waals surface area contributed by atoms with E-state index in [4.69, 9.17) is 15.2 Å². The molecule has 1 rings (SSSR count). The van der Waals surface area contributed by atoms with Gasteiger partial charge in [0.2, 0.25) is 0 Å². The van der Waals surface area contributed by atoms with Gasteiger partial charge in [-0.2, -0.15) is 0 Å². The Hall–Kier alpha value is -1.49. The van der Waals surface area contributed by atoms with E-state index in [0.717, 1.165) is 6.42 Å². The van der Waals surface area contributed by atoms with Crippen LogP contribution in [-0.4, -0.2) is 25.9 Å². The summed E-state index contributed by atoms with van der Waals surface area (Å²) in [5.74, 6) is -0.210. The highest BCUT2D eigenvalue weighted by Crippen LogP contribution is 2.28. The van der Waals surface area contributed by atoms with Gasteiger partial charge in [0.25, 0.3) is 0 Å². The van der Waals surface area contributed by atoms with Gasteiger partial charge in [-0.3, -0.25) is 0 Å². The molecule has 0 aliphatic heterocycles. The molecule has 0 unspecified atom stereocenters. The first-order chi connectivity index (χ1) is 9.04. The van der Waals surface area contributed by atoms with Crippen molar-refractivity contribution in [3.8, 4) is 5.75 Å². The molecule has 1 aromatic carbocycles. The number of rotatable bonds is 8. The first-order valence-corrected chi connectivity index (χ1v) is 6.61. The van der Waals surface area contributed by atoms with Gasteiger partial charge in [0.15, 0.2) is 11.6 Å². The summed E-state index contributed by atoms with van der Waals surface area (Å²) in [7, 11) is 0. The van der Waals surface area contributed by atoms with Crippen molar-refractivity contribution >= 4 is 11.4 Å². The van der Waals surface area contributed by atoms with Gasteiger partial charge in [-0.1, -0.05) is 6.92 Å². The van der Waals surface area contributed by atoms with Crippen LogP contribution in [-0.2, 0) is 4.74 Å². The maximum absolute atomic E-state index is 13.6. The van der Waals surface area contributed by atoms with Crippen LogP contribution < -0.4 is 15.8 Å². The normalized spacial score (nSPS) is 10.8. The maximum Gasteiger partial charge on any atom is 0.167 e. The highest BCUT2D eigenvalue weighted by Gasteiger charge is 2.08. The third-order valence-electron chi connectivity index (χ3n) is 2.43. The number of halogens is 1. The molecule has 0 aliphatic carbocycles. The summed E-state index contributed by atoms with van der Waals surface area (Å²) in [6.45, 7) is 7.58. The van der Waals surface area contributed by atoms with Gasteiger partial charge in [0, 0.05) is 18.7 Å². The van der Waals surface area contributed by atoms with Crippen LogP contribution in [0.3, 0.4) is 0 Å². The molecule has 1 aromatic rings. The van der Waals surface area contributed by atoms with Crippen molar-refractivity contribution in [2.24, 2.45) is 0 Å². The minimum absolute atomic E-state index is 0.191. The van der Waals surface area contributed by atoms with Crippen LogP contribution in [0.4, 0.5) is 15.8 Å². The van der Waals surface area contributed by atoms with Crippen LogP contribution in [0.1, 0.15) is 27.2 Å². The van der Waals surface area contributed by atoms with Crippen molar-refractivity contribution in [2.45, 2.75) is 33.3 Å². The van der Waals surface area contributed by atoms with Crippen molar-refractivity contribution in [1.29, 1.82) is 0 Å². The lowest BCUT2D eigenvalue weighted by Crippen LogP contribution is -2.14. The smallest absolute Gasteiger partial charge is 0.167 e. The van der Waals surface area contributed by atoms with Gasteiger partial charge in [0.1, 0.15) is 0 Å². The number of anilines is 2. The number of nitrogens with one attached hydrogen (secondary N) is 1. The van der Waals surface area contributed by atoms with Gasteiger partial charge in [0.05, 0.1) is 30.7 Å². The molecular formula is C14H23FN2O2. The molecule has 0 amide bonds. The Morgan fingerprint density at radius 1 is 1.32 bits per heavy atom. The van der Waals surface area contributed by atoms with E-state index in [1.807, 2.05) is 20.8 Å². The molecule has 0 aromatic heterocycles. The lowest BCUT2D eigenvalue weighted by atomic mass is 10.2. The molecule has 0 saturated carbocycles. The quantitative estimate of drug-likeness (QED) is 0.563. The predicted octanol–water partition coefficient (Wildman–Crippen LogP) is 3.03. The first kappa shape index (κ1) is 15.6. The number of hydrogen-bond donors (Lipinski definition) is 2. The predicted molar refractivity (Wildman–Crippen MR) is 76.2 cm³/mol. The fourth-order valence-electron chi connectivity index (χ4n) is 1.52. The minimum atomic E-state index is -0.435. The first-order valence-electron chi connectivity index (χ1n) is 6.61. The molecule has 0 fully saturated rings. The second-order valence-electron chi connectivity index (χ2n) is 4.56. The van der Waals surface area contributed by atoms with Crippen LogP contribution in [0.15, 0.2) is 12.1 Å². The average Bonchev–Trinajstić information content (AvgIpc) is 2.35. The van der Waals surface area contributed by atoms with Crippen LogP contribution in [0.5, 0.6) is 5.75 Å².